The van der Waals surface area contributed by atoms with E-state index in [0.717, 1.165) is 11.1 Å². The molecule has 0 aliphatic carbocycles. The smallest absolute Gasteiger partial charge is 0.263 e. The van der Waals surface area contributed by atoms with Crippen LogP contribution < -0.4 is 10.1 Å². The zero-order chi connectivity index (χ0) is 19.4. The number of rotatable bonds is 5. The monoisotopic (exact) mass is 367 g/mol. The number of hydrogen-bond donors (Lipinski definition) is 1. The van der Waals surface area contributed by atoms with E-state index < -0.39 is 5.82 Å². The van der Waals surface area contributed by atoms with Crippen molar-refractivity contribution in [3.63, 3.8) is 0 Å². The number of carbonyl (C=O) groups excluding carboxylic acids is 1. The van der Waals surface area contributed by atoms with Crippen molar-refractivity contribution >= 4 is 11.7 Å². The lowest BCUT2D eigenvalue weighted by Crippen LogP contribution is -2.28. The molecule has 1 N–H and O–H groups in total. The molecule has 27 heavy (non-hydrogen) atoms. The summed E-state index contributed by atoms with van der Waals surface area (Å²) in [5.41, 5.74) is 1.46. The molecule has 6 heteroatoms. The molecule has 0 spiro atoms. The number of carbonyl (C=O) groups is 1. The number of benzene rings is 2. The minimum absolute atomic E-state index is 0.229. The Morgan fingerprint density at radius 1 is 1.15 bits per heavy atom. The van der Waals surface area contributed by atoms with Crippen molar-refractivity contribution in [2.45, 2.75) is 26.3 Å². The second kappa shape index (κ2) is 7.61. The van der Waals surface area contributed by atoms with Crippen molar-refractivity contribution in [1.82, 2.24) is 9.78 Å². The van der Waals surface area contributed by atoms with Gasteiger partial charge in [0.05, 0.1) is 11.7 Å². The van der Waals surface area contributed by atoms with E-state index in [9.17, 15) is 9.18 Å². The van der Waals surface area contributed by atoms with Crippen molar-refractivity contribution in [3.8, 4) is 16.9 Å². The highest BCUT2D eigenvalue weighted by atomic mass is 19.1. The third-order valence-corrected chi connectivity index (χ3v) is 3.91. The zero-order valence-electron chi connectivity index (χ0n) is 15.6. The topological polar surface area (TPSA) is 56.2 Å². The maximum Gasteiger partial charge on any atom is 0.263 e. The molecule has 3 aromatic rings. The number of ether oxygens (including phenoxy) is 1. The molecule has 1 aromatic heterocycles. The maximum atomic E-state index is 13.2. The molecule has 0 saturated heterocycles. The summed E-state index contributed by atoms with van der Waals surface area (Å²) in [5.74, 6) is 0.145. The van der Waals surface area contributed by atoms with Crippen LogP contribution in [0.15, 0.2) is 60.8 Å². The second-order valence-corrected chi connectivity index (χ2v) is 7.15. The van der Waals surface area contributed by atoms with Gasteiger partial charge in [0.1, 0.15) is 17.4 Å². The van der Waals surface area contributed by atoms with Gasteiger partial charge in [0.25, 0.3) is 5.91 Å². The first-order chi connectivity index (χ1) is 12.8. The summed E-state index contributed by atoms with van der Waals surface area (Å²) in [4.78, 5) is 12.5. The Morgan fingerprint density at radius 2 is 1.89 bits per heavy atom. The van der Waals surface area contributed by atoms with Gasteiger partial charge >= 0.3 is 0 Å². The molecule has 0 aliphatic rings. The Balaban J connectivity index is 1.82. The SMILES string of the molecule is CC(C)(C)n1ncc(-c2ccccc2)c1NC(=O)COc1cccc(F)c1. The molecule has 0 saturated carbocycles. The number of anilines is 1. The van der Waals surface area contributed by atoms with Crippen molar-refractivity contribution in [1.29, 1.82) is 0 Å². The molecule has 0 bridgehead atoms. The number of halogens is 1. The van der Waals surface area contributed by atoms with Crippen LogP contribution in [-0.4, -0.2) is 22.3 Å². The van der Waals surface area contributed by atoms with Gasteiger partial charge in [0, 0.05) is 11.6 Å². The molecular formula is C21H22FN3O2. The summed E-state index contributed by atoms with van der Waals surface area (Å²) in [6.45, 7) is 5.79. The molecule has 0 fully saturated rings. The predicted molar refractivity (Wildman–Crippen MR) is 103 cm³/mol. The van der Waals surface area contributed by atoms with Crippen LogP contribution in [0.5, 0.6) is 5.75 Å². The molecule has 2 aromatic carbocycles. The largest absolute Gasteiger partial charge is 0.484 e. The van der Waals surface area contributed by atoms with Gasteiger partial charge in [0.2, 0.25) is 0 Å². The van der Waals surface area contributed by atoms with Gasteiger partial charge in [-0.3, -0.25) is 4.79 Å². The van der Waals surface area contributed by atoms with Gasteiger partial charge in [0.15, 0.2) is 6.61 Å². The van der Waals surface area contributed by atoms with Gasteiger partial charge < -0.3 is 10.1 Å². The van der Waals surface area contributed by atoms with Crippen molar-refractivity contribution < 1.29 is 13.9 Å². The van der Waals surface area contributed by atoms with Gasteiger partial charge in [-0.2, -0.15) is 5.10 Å². The van der Waals surface area contributed by atoms with Crippen molar-refractivity contribution in [2.75, 3.05) is 11.9 Å². The van der Waals surface area contributed by atoms with E-state index in [4.69, 9.17) is 4.74 Å². The fraction of sp³-hybridized carbons (Fsp3) is 0.238. The molecule has 0 aliphatic heterocycles. The van der Waals surface area contributed by atoms with E-state index in [2.05, 4.69) is 10.4 Å². The number of hydrogen-bond acceptors (Lipinski definition) is 3. The minimum Gasteiger partial charge on any atom is -0.484 e. The molecule has 0 radical (unpaired) electrons. The van der Waals surface area contributed by atoms with E-state index in [1.807, 2.05) is 51.1 Å². The molecule has 1 amide bonds. The number of aromatic nitrogens is 2. The minimum atomic E-state index is -0.412. The van der Waals surface area contributed by atoms with Gasteiger partial charge in [-0.25, -0.2) is 9.07 Å². The summed E-state index contributed by atoms with van der Waals surface area (Å²) in [6.07, 6.45) is 1.74. The lowest BCUT2D eigenvalue weighted by molar-refractivity contribution is -0.118. The molecular weight excluding hydrogens is 345 g/mol. The quantitative estimate of drug-likeness (QED) is 0.724. The number of nitrogens with one attached hydrogen (secondary N) is 1. The van der Waals surface area contributed by atoms with Crippen LogP contribution in [0, 0.1) is 5.82 Å². The maximum absolute atomic E-state index is 13.2. The fourth-order valence-corrected chi connectivity index (χ4v) is 2.68. The van der Waals surface area contributed by atoms with E-state index in [1.165, 1.54) is 18.2 Å². The molecule has 0 unspecified atom stereocenters. The summed E-state index contributed by atoms with van der Waals surface area (Å²) < 4.78 is 20.4. The molecule has 5 nitrogen and oxygen atoms in total. The highest BCUT2D eigenvalue weighted by molar-refractivity contribution is 5.95. The van der Waals surface area contributed by atoms with Crippen LogP contribution in [-0.2, 0) is 10.3 Å². The first kappa shape index (κ1) is 18.6. The van der Waals surface area contributed by atoms with Gasteiger partial charge in [-0.1, -0.05) is 36.4 Å². The summed E-state index contributed by atoms with van der Waals surface area (Å²) in [6, 6.07) is 15.4. The highest BCUT2D eigenvalue weighted by Gasteiger charge is 2.23. The van der Waals surface area contributed by atoms with Crippen LogP contribution >= 0.6 is 0 Å². The average molecular weight is 367 g/mol. The summed E-state index contributed by atoms with van der Waals surface area (Å²) in [7, 11) is 0. The van der Waals surface area contributed by atoms with Crippen LogP contribution in [0.4, 0.5) is 10.2 Å². The molecule has 1 heterocycles. The first-order valence-corrected chi connectivity index (χ1v) is 8.67. The fourth-order valence-electron chi connectivity index (χ4n) is 2.68. The number of nitrogens with zero attached hydrogens (tertiary/aromatic N) is 2. The third kappa shape index (κ3) is 4.53. The normalized spacial score (nSPS) is 11.3. The van der Waals surface area contributed by atoms with E-state index >= 15 is 0 Å². The average Bonchev–Trinajstić information content (AvgIpc) is 3.05. The van der Waals surface area contributed by atoms with E-state index in [1.54, 1.807) is 16.9 Å². The zero-order valence-corrected chi connectivity index (χ0v) is 15.6. The third-order valence-electron chi connectivity index (χ3n) is 3.91. The van der Waals surface area contributed by atoms with Crippen molar-refractivity contribution in [2.24, 2.45) is 0 Å². The first-order valence-electron chi connectivity index (χ1n) is 8.67. The van der Waals surface area contributed by atoms with Crippen LogP contribution in [0.2, 0.25) is 0 Å². The predicted octanol–water partition coefficient (Wildman–Crippen LogP) is 4.46. The summed E-state index contributed by atoms with van der Waals surface area (Å²) >= 11 is 0. The molecule has 3 rings (SSSR count). The molecule has 140 valence electrons. The Bertz CT molecular complexity index is 930. The Labute approximate surface area is 157 Å². The lowest BCUT2D eigenvalue weighted by Gasteiger charge is -2.23. The Morgan fingerprint density at radius 3 is 2.56 bits per heavy atom. The van der Waals surface area contributed by atoms with Crippen LogP contribution in [0.25, 0.3) is 11.1 Å². The van der Waals surface area contributed by atoms with E-state index in [-0.39, 0.29) is 18.1 Å². The number of amides is 1. The van der Waals surface area contributed by atoms with E-state index in [0.29, 0.717) is 11.6 Å². The summed E-state index contributed by atoms with van der Waals surface area (Å²) in [5, 5.41) is 7.35. The van der Waals surface area contributed by atoms with Crippen LogP contribution in [0.1, 0.15) is 20.8 Å². The van der Waals surface area contributed by atoms with Crippen LogP contribution in [0.3, 0.4) is 0 Å². The Kier molecular flexibility index (Phi) is 5.26. The lowest BCUT2D eigenvalue weighted by atomic mass is 10.1. The Hall–Kier alpha value is -3.15. The van der Waals surface area contributed by atoms with Gasteiger partial charge in [-0.15, -0.1) is 0 Å². The highest BCUT2D eigenvalue weighted by Crippen LogP contribution is 2.31. The second-order valence-electron chi connectivity index (χ2n) is 7.15. The standard InChI is InChI=1S/C21H22FN3O2/c1-21(2,3)25-20(18(13-23-25)15-8-5-4-6-9-15)24-19(26)14-27-17-11-7-10-16(22)12-17/h4-13H,14H2,1-3H3,(H,24,26). The van der Waals surface area contributed by atoms with Gasteiger partial charge in [-0.05, 0) is 38.5 Å². The van der Waals surface area contributed by atoms with Crippen molar-refractivity contribution in [3.05, 3.63) is 66.6 Å². The molecule has 0 atom stereocenters.